The maximum Gasteiger partial charge on any atom is 0.275 e. The minimum absolute atomic E-state index is 0.0418. The van der Waals surface area contributed by atoms with Crippen molar-refractivity contribution in [1.29, 1.82) is 0 Å². The van der Waals surface area contributed by atoms with Gasteiger partial charge in [0.15, 0.2) is 0 Å². The normalized spacial score (nSPS) is 23.5. The minimum atomic E-state index is -0.298. The van der Waals surface area contributed by atoms with Gasteiger partial charge in [-0.25, -0.2) is 4.98 Å². The van der Waals surface area contributed by atoms with Crippen molar-refractivity contribution in [3.63, 3.8) is 0 Å². The number of rotatable bonds is 8. The van der Waals surface area contributed by atoms with Gasteiger partial charge in [0.2, 0.25) is 0 Å². The fourth-order valence-electron chi connectivity index (χ4n) is 5.53. The Morgan fingerprint density at radius 1 is 1.21 bits per heavy atom. The van der Waals surface area contributed by atoms with Crippen LogP contribution in [0.2, 0.25) is 0 Å². The lowest BCUT2D eigenvalue weighted by Crippen LogP contribution is -2.43. The molecule has 2 bridgehead atoms. The van der Waals surface area contributed by atoms with Gasteiger partial charge in [0, 0.05) is 17.0 Å². The molecule has 0 saturated carbocycles. The highest BCUT2D eigenvalue weighted by atomic mass is 32.1. The molecule has 2 aliphatic rings. The zero-order valence-corrected chi connectivity index (χ0v) is 21.2. The average molecular weight is 482 g/mol. The number of aromatic nitrogens is 2. The number of fused-ring (bicyclic) bond motifs is 3. The highest BCUT2D eigenvalue weighted by Crippen LogP contribution is 2.37. The molecule has 4 heterocycles. The van der Waals surface area contributed by atoms with Gasteiger partial charge >= 0.3 is 0 Å². The summed E-state index contributed by atoms with van der Waals surface area (Å²) in [6.07, 6.45) is 9.40. The standard InChI is InChI=1S/C27H35N3O3S/c1-4-17-12-20(8-11-25(17)33-22-13-18-6-7-19(14-22)29(18)3)30-16-28-24-15-23(10-9-21(31)5-2)34-26(24)27(30)32/h8,11-12,15-16,18-19,21-22,31H,4-7,9-10,13-14H2,1-3H3/t18-,19+,21?,22+. The fraction of sp³-hybridized carbons (Fsp3) is 0.556. The summed E-state index contributed by atoms with van der Waals surface area (Å²) in [7, 11) is 2.25. The zero-order chi connectivity index (χ0) is 23.8. The number of hydrogen-bond donors (Lipinski definition) is 1. The van der Waals surface area contributed by atoms with E-state index in [-0.39, 0.29) is 17.8 Å². The molecule has 0 spiro atoms. The van der Waals surface area contributed by atoms with Crippen molar-refractivity contribution in [2.45, 2.75) is 89.5 Å². The molecule has 1 unspecified atom stereocenters. The van der Waals surface area contributed by atoms with Crippen molar-refractivity contribution in [3.8, 4) is 11.4 Å². The molecule has 2 fully saturated rings. The van der Waals surface area contributed by atoms with Crippen molar-refractivity contribution in [1.82, 2.24) is 14.5 Å². The highest BCUT2D eigenvalue weighted by molar-refractivity contribution is 7.18. The van der Waals surface area contributed by atoms with Gasteiger partial charge in [-0.1, -0.05) is 13.8 Å². The van der Waals surface area contributed by atoms with Crippen LogP contribution in [0.25, 0.3) is 15.9 Å². The lowest BCUT2D eigenvalue weighted by Gasteiger charge is -2.36. The Morgan fingerprint density at radius 3 is 2.68 bits per heavy atom. The van der Waals surface area contributed by atoms with Crippen LogP contribution in [0.3, 0.4) is 0 Å². The lowest BCUT2D eigenvalue weighted by molar-refractivity contribution is 0.0656. The van der Waals surface area contributed by atoms with Crippen LogP contribution in [0, 0.1) is 0 Å². The Balaban J connectivity index is 1.37. The molecule has 0 radical (unpaired) electrons. The number of aliphatic hydroxyl groups is 1. The molecule has 2 aliphatic heterocycles. The number of thiophene rings is 1. The molecule has 34 heavy (non-hydrogen) atoms. The van der Waals surface area contributed by atoms with Crippen LogP contribution in [0.15, 0.2) is 35.4 Å². The van der Waals surface area contributed by atoms with Crippen LogP contribution < -0.4 is 10.3 Å². The monoisotopic (exact) mass is 481 g/mol. The average Bonchev–Trinajstić information content (AvgIpc) is 3.34. The Labute approximate surface area is 205 Å². The molecule has 6 nitrogen and oxygen atoms in total. The number of benzene rings is 1. The van der Waals surface area contributed by atoms with E-state index >= 15 is 0 Å². The molecule has 3 aromatic rings. The third-order valence-electron chi connectivity index (χ3n) is 7.74. The molecule has 2 aromatic heterocycles. The quantitative estimate of drug-likeness (QED) is 0.504. The van der Waals surface area contributed by atoms with E-state index < -0.39 is 0 Å². The smallest absolute Gasteiger partial charge is 0.275 e. The zero-order valence-electron chi connectivity index (χ0n) is 20.4. The number of aryl methyl sites for hydroxylation is 2. The molecular weight excluding hydrogens is 446 g/mol. The summed E-state index contributed by atoms with van der Waals surface area (Å²) < 4.78 is 8.82. The van der Waals surface area contributed by atoms with Gasteiger partial charge in [0.25, 0.3) is 5.56 Å². The van der Waals surface area contributed by atoms with Crippen LogP contribution in [-0.2, 0) is 12.8 Å². The van der Waals surface area contributed by atoms with Crippen molar-refractivity contribution in [2.75, 3.05) is 7.05 Å². The van der Waals surface area contributed by atoms with E-state index in [0.29, 0.717) is 23.2 Å². The molecule has 1 aromatic carbocycles. The molecule has 0 aliphatic carbocycles. The van der Waals surface area contributed by atoms with E-state index in [4.69, 9.17) is 4.74 Å². The molecule has 2 saturated heterocycles. The third-order valence-corrected chi connectivity index (χ3v) is 8.91. The number of aliphatic hydroxyl groups excluding tert-OH is 1. The van der Waals surface area contributed by atoms with E-state index in [1.807, 2.05) is 25.1 Å². The van der Waals surface area contributed by atoms with Gasteiger partial charge in [-0.05, 0) is 88.2 Å². The summed E-state index contributed by atoms with van der Waals surface area (Å²) in [5.41, 5.74) is 2.64. The van der Waals surface area contributed by atoms with E-state index in [0.717, 1.165) is 59.5 Å². The second-order valence-electron chi connectivity index (χ2n) is 9.85. The topological polar surface area (TPSA) is 67.6 Å². The first-order valence-electron chi connectivity index (χ1n) is 12.7. The summed E-state index contributed by atoms with van der Waals surface area (Å²) in [6.45, 7) is 4.11. The van der Waals surface area contributed by atoms with Gasteiger partial charge in [-0.3, -0.25) is 9.36 Å². The number of ether oxygens (including phenoxy) is 1. The summed E-state index contributed by atoms with van der Waals surface area (Å²) in [5.74, 6) is 0.940. The van der Waals surface area contributed by atoms with Gasteiger partial charge < -0.3 is 14.7 Å². The maximum atomic E-state index is 13.3. The van der Waals surface area contributed by atoms with Crippen molar-refractivity contribution in [3.05, 3.63) is 51.4 Å². The fourth-order valence-corrected chi connectivity index (χ4v) is 6.58. The maximum absolute atomic E-state index is 13.3. The van der Waals surface area contributed by atoms with Crippen LogP contribution in [0.1, 0.15) is 62.8 Å². The van der Waals surface area contributed by atoms with Crippen LogP contribution in [0.4, 0.5) is 0 Å². The third kappa shape index (κ3) is 4.53. The first kappa shape index (κ1) is 23.5. The predicted molar refractivity (Wildman–Crippen MR) is 137 cm³/mol. The van der Waals surface area contributed by atoms with Crippen LogP contribution in [0.5, 0.6) is 5.75 Å². The van der Waals surface area contributed by atoms with E-state index in [2.05, 4.69) is 29.9 Å². The first-order valence-corrected chi connectivity index (χ1v) is 13.5. The van der Waals surface area contributed by atoms with Crippen molar-refractivity contribution in [2.24, 2.45) is 0 Å². The molecule has 0 amide bonds. The Bertz CT molecular complexity index is 1210. The van der Waals surface area contributed by atoms with Crippen LogP contribution in [-0.4, -0.2) is 50.9 Å². The van der Waals surface area contributed by atoms with E-state index in [1.54, 1.807) is 10.9 Å². The molecule has 1 N–H and O–H groups in total. The van der Waals surface area contributed by atoms with Crippen molar-refractivity contribution >= 4 is 21.6 Å². The van der Waals surface area contributed by atoms with Gasteiger partial charge in [0.1, 0.15) is 22.9 Å². The lowest BCUT2D eigenvalue weighted by atomic mass is 10.00. The molecule has 5 rings (SSSR count). The largest absolute Gasteiger partial charge is 0.490 e. The summed E-state index contributed by atoms with van der Waals surface area (Å²) in [5, 5.41) is 9.87. The molecule has 7 heteroatoms. The van der Waals surface area contributed by atoms with Gasteiger partial charge in [0.05, 0.1) is 17.3 Å². The number of nitrogens with zero attached hydrogens (tertiary/aromatic N) is 3. The molecular formula is C27H35N3O3S. The predicted octanol–water partition coefficient (Wildman–Crippen LogP) is 4.72. The number of piperidine rings is 1. The summed E-state index contributed by atoms with van der Waals surface area (Å²) in [4.78, 5) is 21.5. The van der Waals surface area contributed by atoms with Crippen molar-refractivity contribution < 1.29 is 9.84 Å². The Morgan fingerprint density at radius 2 is 1.97 bits per heavy atom. The molecule has 182 valence electrons. The summed E-state index contributed by atoms with van der Waals surface area (Å²) in [6, 6.07) is 9.34. The first-order chi connectivity index (χ1) is 16.5. The second-order valence-corrected chi connectivity index (χ2v) is 11.0. The van der Waals surface area contributed by atoms with Crippen LogP contribution >= 0.6 is 11.3 Å². The SMILES string of the molecule is CCc1cc(-n2cnc3cc(CCC(O)CC)sc3c2=O)ccc1O[C@H]1C[C@H]2CC[C@@H](C1)N2C. The highest BCUT2D eigenvalue weighted by Gasteiger charge is 2.39. The minimum Gasteiger partial charge on any atom is -0.490 e. The number of hydrogen-bond acceptors (Lipinski definition) is 6. The molecule has 4 atom stereocenters. The van der Waals surface area contributed by atoms with Gasteiger partial charge in [-0.2, -0.15) is 0 Å². The Hall–Kier alpha value is -2.22. The second kappa shape index (κ2) is 9.80. The summed E-state index contributed by atoms with van der Waals surface area (Å²) >= 11 is 1.49. The van der Waals surface area contributed by atoms with Gasteiger partial charge in [-0.15, -0.1) is 11.3 Å². The van der Waals surface area contributed by atoms with E-state index in [9.17, 15) is 9.90 Å². The Kier molecular flexibility index (Phi) is 6.78. The van der Waals surface area contributed by atoms with E-state index in [1.165, 1.54) is 24.2 Å².